The zero-order valence-electron chi connectivity index (χ0n) is 16.7. The maximum Gasteiger partial charge on any atom is 0.419 e. The fourth-order valence-corrected chi connectivity index (χ4v) is 3.28. The molecule has 1 atom stereocenters. The predicted molar refractivity (Wildman–Crippen MR) is 102 cm³/mol. The molecule has 160 valence electrons. The van der Waals surface area contributed by atoms with Crippen LogP contribution in [0.3, 0.4) is 0 Å². The second-order valence-electron chi connectivity index (χ2n) is 7.13. The third kappa shape index (κ3) is 6.20. The number of carbonyl (C=O) groups is 2. The number of hydrogen-bond donors (Lipinski definition) is 0. The minimum Gasteiger partial charge on any atom is -0.455 e. The smallest absolute Gasteiger partial charge is 0.419 e. The van der Waals surface area contributed by atoms with Crippen LogP contribution in [0.5, 0.6) is 0 Å². The van der Waals surface area contributed by atoms with Gasteiger partial charge >= 0.3 is 12.1 Å². The molecule has 2 heterocycles. The van der Waals surface area contributed by atoms with Gasteiger partial charge < -0.3 is 14.5 Å². The maximum absolute atomic E-state index is 13.3. The highest BCUT2D eigenvalue weighted by molar-refractivity contribution is 5.81. The van der Waals surface area contributed by atoms with Crippen LogP contribution >= 0.6 is 0 Å². The summed E-state index contributed by atoms with van der Waals surface area (Å²) in [6.07, 6.45) is -2.22. The van der Waals surface area contributed by atoms with Gasteiger partial charge in [-0.1, -0.05) is 12.2 Å². The zero-order chi connectivity index (χ0) is 21.6. The normalized spacial score (nSPS) is 17.0. The highest BCUT2D eigenvalue weighted by atomic mass is 19.4. The van der Waals surface area contributed by atoms with E-state index in [9.17, 15) is 22.8 Å². The van der Waals surface area contributed by atoms with Crippen LogP contribution in [-0.4, -0.2) is 54.5 Å². The van der Waals surface area contributed by atoms with Crippen LogP contribution < -0.4 is 4.90 Å². The highest BCUT2D eigenvalue weighted by Crippen LogP contribution is 2.36. The lowest BCUT2D eigenvalue weighted by atomic mass is 9.98. The van der Waals surface area contributed by atoms with Crippen LogP contribution in [0.1, 0.15) is 32.3 Å². The number of alkyl halides is 3. The fourth-order valence-electron chi connectivity index (χ4n) is 3.28. The van der Waals surface area contributed by atoms with Crippen molar-refractivity contribution in [1.82, 2.24) is 9.88 Å². The van der Waals surface area contributed by atoms with E-state index in [1.807, 2.05) is 6.92 Å². The monoisotopic (exact) mass is 413 g/mol. The third-order valence-corrected chi connectivity index (χ3v) is 4.68. The predicted octanol–water partition coefficient (Wildman–Crippen LogP) is 3.28. The number of aromatic nitrogens is 1. The number of ether oxygens (including phenoxy) is 1. The van der Waals surface area contributed by atoms with Gasteiger partial charge in [-0.2, -0.15) is 13.2 Å². The molecule has 0 aliphatic carbocycles. The van der Waals surface area contributed by atoms with Gasteiger partial charge in [0.25, 0.3) is 5.91 Å². The lowest BCUT2D eigenvalue weighted by Crippen LogP contribution is -2.42. The van der Waals surface area contributed by atoms with Crippen molar-refractivity contribution in [2.75, 3.05) is 37.7 Å². The van der Waals surface area contributed by atoms with Crippen LogP contribution in [0.25, 0.3) is 0 Å². The van der Waals surface area contributed by atoms with Gasteiger partial charge in [0.05, 0.1) is 11.5 Å². The number of pyridine rings is 1. The van der Waals surface area contributed by atoms with Crippen molar-refractivity contribution in [1.29, 1.82) is 0 Å². The van der Waals surface area contributed by atoms with Crippen molar-refractivity contribution < 1.29 is 27.5 Å². The zero-order valence-corrected chi connectivity index (χ0v) is 16.7. The molecule has 0 N–H and O–H groups in total. The van der Waals surface area contributed by atoms with E-state index in [4.69, 9.17) is 4.74 Å². The van der Waals surface area contributed by atoms with Crippen molar-refractivity contribution >= 4 is 17.7 Å². The molecule has 1 aliphatic heterocycles. The lowest BCUT2D eigenvalue weighted by Gasteiger charge is -2.33. The second-order valence-corrected chi connectivity index (χ2v) is 7.13. The van der Waals surface area contributed by atoms with E-state index >= 15 is 0 Å². The molecule has 1 aliphatic rings. The van der Waals surface area contributed by atoms with Crippen molar-refractivity contribution in [3.05, 3.63) is 36.0 Å². The van der Waals surface area contributed by atoms with Gasteiger partial charge in [0.1, 0.15) is 5.82 Å². The first kappa shape index (κ1) is 22.7. The molecule has 1 fully saturated rings. The minimum atomic E-state index is -4.53. The Morgan fingerprint density at radius 3 is 2.76 bits per heavy atom. The summed E-state index contributed by atoms with van der Waals surface area (Å²) >= 11 is 0. The standard InChI is InChI=1S/C20H26F3N3O3/c1-4-25(11-14(2)3)17(27)13-29-19(28)15-7-6-10-26(12-15)18-16(20(21,22)23)8-5-9-24-18/h5,8-9,15H,2,4,6-7,10-13H2,1,3H3. The molecule has 1 saturated heterocycles. The molecule has 0 aromatic carbocycles. The summed E-state index contributed by atoms with van der Waals surface area (Å²) in [5.41, 5.74) is -0.0205. The van der Waals surface area contributed by atoms with Gasteiger partial charge in [-0.25, -0.2) is 4.98 Å². The number of nitrogens with zero attached hydrogens (tertiary/aromatic N) is 3. The van der Waals surface area contributed by atoms with E-state index in [0.29, 0.717) is 32.5 Å². The van der Waals surface area contributed by atoms with E-state index < -0.39 is 30.2 Å². The van der Waals surface area contributed by atoms with Crippen molar-refractivity contribution in [3.8, 4) is 0 Å². The minimum absolute atomic E-state index is 0.0658. The molecule has 0 radical (unpaired) electrons. The number of piperidine rings is 1. The average Bonchev–Trinajstić information content (AvgIpc) is 2.69. The van der Waals surface area contributed by atoms with Gasteiger partial charge in [0, 0.05) is 32.4 Å². The number of esters is 1. The number of halogens is 3. The number of amides is 1. The van der Waals surface area contributed by atoms with Gasteiger partial charge in [-0.3, -0.25) is 9.59 Å². The SMILES string of the molecule is C=C(C)CN(CC)C(=O)COC(=O)C1CCCN(c2ncccc2C(F)(F)F)C1. The molecule has 0 bridgehead atoms. The molecule has 6 nitrogen and oxygen atoms in total. The summed E-state index contributed by atoms with van der Waals surface area (Å²) in [7, 11) is 0. The highest BCUT2D eigenvalue weighted by Gasteiger charge is 2.37. The Balaban J connectivity index is 2.00. The van der Waals surface area contributed by atoms with Gasteiger partial charge in [0.2, 0.25) is 0 Å². The Hall–Kier alpha value is -2.58. The van der Waals surface area contributed by atoms with E-state index in [0.717, 1.165) is 11.6 Å². The number of likely N-dealkylation sites (N-methyl/N-ethyl adjacent to an activating group) is 1. The molecular formula is C20H26F3N3O3. The van der Waals surface area contributed by atoms with Crippen molar-refractivity contribution in [2.45, 2.75) is 32.9 Å². The van der Waals surface area contributed by atoms with Gasteiger partial charge in [0.15, 0.2) is 6.61 Å². The molecule has 29 heavy (non-hydrogen) atoms. The molecule has 0 saturated carbocycles. The first-order chi connectivity index (χ1) is 13.6. The number of rotatable bonds is 7. The molecule has 9 heteroatoms. The Bertz CT molecular complexity index is 752. The molecule has 1 aromatic rings. The average molecular weight is 413 g/mol. The van der Waals surface area contributed by atoms with Crippen LogP contribution in [0.4, 0.5) is 19.0 Å². The maximum atomic E-state index is 13.3. The van der Waals surface area contributed by atoms with E-state index in [-0.39, 0.29) is 18.3 Å². The first-order valence-corrected chi connectivity index (χ1v) is 9.49. The molecule has 1 unspecified atom stereocenters. The summed E-state index contributed by atoms with van der Waals surface area (Å²) in [6, 6.07) is 2.21. The largest absolute Gasteiger partial charge is 0.455 e. The van der Waals surface area contributed by atoms with Crippen LogP contribution in [-0.2, 0) is 20.5 Å². The quantitative estimate of drug-likeness (QED) is 0.507. The summed E-state index contributed by atoms with van der Waals surface area (Å²) in [5.74, 6) is -1.72. The second kappa shape index (κ2) is 9.76. The Kier molecular flexibility index (Phi) is 7.64. The molecule has 1 aromatic heterocycles. The lowest BCUT2D eigenvalue weighted by molar-refractivity contribution is -0.155. The van der Waals surface area contributed by atoms with Crippen molar-refractivity contribution in [3.63, 3.8) is 0 Å². The van der Waals surface area contributed by atoms with Gasteiger partial charge in [-0.05, 0) is 38.8 Å². The van der Waals surface area contributed by atoms with E-state index in [1.54, 1.807) is 6.92 Å². The molecule has 1 amide bonds. The van der Waals surface area contributed by atoms with Crippen LogP contribution in [0.2, 0.25) is 0 Å². The van der Waals surface area contributed by atoms with Crippen molar-refractivity contribution in [2.24, 2.45) is 5.92 Å². The third-order valence-electron chi connectivity index (χ3n) is 4.68. The van der Waals surface area contributed by atoms with E-state index in [2.05, 4.69) is 11.6 Å². The summed E-state index contributed by atoms with van der Waals surface area (Å²) in [5, 5.41) is 0. The number of anilines is 1. The number of hydrogen-bond acceptors (Lipinski definition) is 5. The van der Waals surface area contributed by atoms with Gasteiger partial charge in [-0.15, -0.1) is 0 Å². The first-order valence-electron chi connectivity index (χ1n) is 9.49. The topological polar surface area (TPSA) is 62.7 Å². The summed E-state index contributed by atoms with van der Waals surface area (Å²) in [6.45, 7) is 8.25. The van der Waals surface area contributed by atoms with Crippen LogP contribution in [0.15, 0.2) is 30.5 Å². The summed E-state index contributed by atoms with van der Waals surface area (Å²) < 4.78 is 44.9. The molecule has 0 spiro atoms. The van der Waals surface area contributed by atoms with Crippen LogP contribution in [0, 0.1) is 5.92 Å². The number of carbonyl (C=O) groups excluding carboxylic acids is 2. The molecular weight excluding hydrogens is 387 g/mol. The fraction of sp³-hybridized carbons (Fsp3) is 0.550. The Morgan fingerprint density at radius 2 is 2.14 bits per heavy atom. The summed E-state index contributed by atoms with van der Waals surface area (Å²) in [4.78, 5) is 31.5. The Labute approximate surface area is 168 Å². The molecule has 2 rings (SSSR count). The Morgan fingerprint density at radius 1 is 1.41 bits per heavy atom. The van der Waals surface area contributed by atoms with E-state index in [1.165, 1.54) is 22.1 Å².